The quantitative estimate of drug-likeness (QED) is 0.279. The number of amides is 2. The third kappa shape index (κ3) is 9.11. The van der Waals surface area contributed by atoms with Gasteiger partial charge in [-0.15, -0.1) is 0 Å². The van der Waals surface area contributed by atoms with Gasteiger partial charge in [0.1, 0.15) is 18.3 Å². The first-order chi connectivity index (χ1) is 19.4. The molecular weight excluding hydrogens is 585 g/mol. The van der Waals surface area contributed by atoms with Crippen LogP contribution in [0.3, 0.4) is 0 Å². The number of nitrogens with one attached hydrogen (secondary N) is 1. The first-order valence-electron chi connectivity index (χ1n) is 13.1. The van der Waals surface area contributed by atoms with E-state index in [1.807, 2.05) is 50.2 Å². The molecule has 0 saturated heterocycles. The number of methoxy groups -OCH3 is 1. The van der Waals surface area contributed by atoms with Crippen LogP contribution >= 0.6 is 23.2 Å². The molecule has 0 radical (unpaired) electrons. The minimum absolute atomic E-state index is 0.0421. The number of carbonyl (C=O) groups is 2. The van der Waals surface area contributed by atoms with Crippen molar-refractivity contribution in [3.05, 3.63) is 94.0 Å². The van der Waals surface area contributed by atoms with Crippen LogP contribution in [0.15, 0.2) is 72.8 Å². The summed E-state index contributed by atoms with van der Waals surface area (Å²) in [7, 11) is -2.38. The maximum atomic E-state index is 14.1. The number of nitrogens with zero attached hydrogens (tertiary/aromatic N) is 2. The van der Waals surface area contributed by atoms with Crippen molar-refractivity contribution in [1.82, 2.24) is 10.2 Å². The van der Waals surface area contributed by atoms with Gasteiger partial charge in [0.05, 0.1) is 29.1 Å². The number of carbonyl (C=O) groups excluding carboxylic acids is 2. The van der Waals surface area contributed by atoms with Crippen molar-refractivity contribution in [2.24, 2.45) is 0 Å². The van der Waals surface area contributed by atoms with Gasteiger partial charge in [0.2, 0.25) is 21.8 Å². The minimum atomic E-state index is -3.92. The number of hydrogen-bond donors (Lipinski definition) is 1. The van der Waals surface area contributed by atoms with Crippen LogP contribution in [-0.4, -0.2) is 57.1 Å². The number of benzene rings is 3. The van der Waals surface area contributed by atoms with Gasteiger partial charge in [0, 0.05) is 19.0 Å². The maximum absolute atomic E-state index is 14.1. The number of sulfonamides is 1. The molecule has 0 bridgehead atoms. The molecule has 0 heterocycles. The lowest BCUT2D eigenvalue weighted by atomic mass is 10.0. The van der Waals surface area contributed by atoms with Gasteiger partial charge in [-0.05, 0) is 54.8 Å². The largest absolute Gasteiger partial charge is 0.497 e. The molecule has 3 rings (SSSR count). The highest BCUT2D eigenvalue weighted by Crippen LogP contribution is 2.29. The van der Waals surface area contributed by atoms with Crippen LogP contribution in [0.1, 0.15) is 31.4 Å². The van der Waals surface area contributed by atoms with Crippen molar-refractivity contribution in [3.8, 4) is 5.75 Å². The summed E-state index contributed by atoms with van der Waals surface area (Å²) in [5.41, 5.74) is 1.75. The molecule has 2 atom stereocenters. The van der Waals surface area contributed by atoms with Crippen LogP contribution in [0.5, 0.6) is 5.75 Å². The van der Waals surface area contributed by atoms with E-state index < -0.39 is 28.5 Å². The molecule has 1 N–H and O–H groups in total. The van der Waals surface area contributed by atoms with E-state index in [1.54, 1.807) is 25.3 Å². The van der Waals surface area contributed by atoms with Crippen molar-refractivity contribution in [2.75, 3.05) is 24.2 Å². The van der Waals surface area contributed by atoms with Gasteiger partial charge in [-0.1, -0.05) is 72.6 Å². The van der Waals surface area contributed by atoms with Crippen LogP contribution in [0.4, 0.5) is 5.69 Å². The number of rotatable bonds is 13. The molecule has 3 aromatic carbocycles. The average Bonchev–Trinajstić information content (AvgIpc) is 2.94. The van der Waals surface area contributed by atoms with E-state index in [2.05, 4.69) is 5.32 Å². The average molecular weight is 621 g/mol. The zero-order chi connectivity index (χ0) is 30.2. The van der Waals surface area contributed by atoms with Crippen molar-refractivity contribution in [1.29, 1.82) is 0 Å². The van der Waals surface area contributed by atoms with Gasteiger partial charge < -0.3 is 15.0 Å². The molecule has 220 valence electrons. The highest BCUT2D eigenvalue weighted by atomic mass is 35.5. The molecule has 0 spiro atoms. The summed E-state index contributed by atoms with van der Waals surface area (Å²) >= 11 is 12.2. The predicted molar refractivity (Wildman–Crippen MR) is 164 cm³/mol. The lowest BCUT2D eigenvalue weighted by Crippen LogP contribution is -2.54. The molecule has 11 heteroatoms. The molecule has 2 amide bonds. The van der Waals surface area contributed by atoms with Gasteiger partial charge >= 0.3 is 0 Å². The van der Waals surface area contributed by atoms with Crippen molar-refractivity contribution in [2.45, 2.75) is 45.3 Å². The first-order valence-corrected chi connectivity index (χ1v) is 15.7. The Kier molecular flexibility index (Phi) is 11.5. The molecular formula is C30H35Cl2N3O5S. The molecule has 0 saturated carbocycles. The van der Waals surface area contributed by atoms with Crippen molar-refractivity contribution < 1.29 is 22.7 Å². The van der Waals surface area contributed by atoms with Crippen LogP contribution in [0.2, 0.25) is 10.0 Å². The van der Waals surface area contributed by atoms with Crippen LogP contribution in [-0.2, 0) is 32.6 Å². The zero-order valence-electron chi connectivity index (χ0n) is 23.5. The number of halogens is 2. The lowest BCUT2D eigenvalue weighted by molar-refractivity contribution is -0.140. The Labute approximate surface area is 252 Å². The second kappa shape index (κ2) is 14.6. The molecule has 0 aliphatic carbocycles. The third-order valence-electron chi connectivity index (χ3n) is 6.63. The predicted octanol–water partition coefficient (Wildman–Crippen LogP) is 5.32. The summed E-state index contributed by atoms with van der Waals surface area (Å²) in [5, 5.41) is 3.40. The highest BCUT2D eigenvalue weighted by molar-refractivity contribution is 7.92. The fraction of sp³-hybridized carbons (Fsp3) is 0.333. The second-order valence-corrected chi connectivity index (χ2v) is 12.5. The number of anilines is 1. The van der Waals surface area contributed by atoms with Gasteiger partial charge in [-0.3, -0.25) is 13.9 Å². The Morgan fingerprint density at radius 3 is 2.24 bits per heavy atom. The Morgan fingerprint density at radius 2 is 1.63 bits per heavy atom. The fourth-order valence-corrected chi connectivity index (χ4v) is 5.35. The van der Waals surface area contributed by atoms with Gasteiger partial charge in [0.15, 0.2) is 0 Å². The van der Waals surface area contributed by atoms with Crippen molar-refractivity contribution >= 4 is 50.7 Å². The Hall–Kier alpha value is -3.27. The number of ether oxygens (including phenoxy) is 1. The van der Waals surface area contributed by atoms with E-state index in [0.717, 1.165) is 16.1 Å². The standard InChI is InChI=1S/C30H35Cl2N3O5S/c1-5-21(2)33-30(37)28(17-22-10-7-6-8-11-22)34(19-23-12-9-13-25(16-23)40-3)29(36)20-35(41(4,38)39)24-14-15-26(31)27(32)18-24/h6-16,18,21,28H,5,17,19-20H2,1-4H3,(H,33,37). The van der Waals surface area contributed by atoms with E-state index >= 15 is 0 Å². The number of hydrogen-bond acceptors (Lipinski definition) is 5. The first kappa shape index (κ1) is 32.2. The topological polar surface area (TPSA) is 96.0 Å². The smallest absolute Gasteiger partial charge is 0.244 e. The van der Waals surface area contributed by atoms with Gasteiger partial charge in [0.25, 0.3) is 0 Å². The summed E-state index contributed by atoms with van der Waals surface area (Å²) < 4.78 is 32.1. The Morgan fingerprint density at radius 1 is 0.951 bits per heavy atom. The van der Waals surface area contributed by atoms with E-state index in [0.29, 0.717) is 17.7 Å². The Balaban J connectivity index is 2.08. The summed E-state index contributed by atoms with van der Waals surface area (Å²) in [4.78, 5) is 29.3. The monoisotopic (exact) mass is 619 g/mol. The van der Waals surface area contributed by atoms with Crippen molar-refractivity contribution in [3.63, 3.8) is 0 Å². The van der Waals surface area contributed by atoms with Gasteiger partial charge in [-0.25, -0.2) is 8.42 Å². The highest BCUT2D eigenvalue weighted by Gasteiger charge is 2.33. The third-order valence-corrected chi connectivity index (χ3v) is 8.51. The minimum Gasteiger partial charge on any atom is -0.497 e. The molecule has 41 heavy (non-hydrogen) atoms. The van der Waals surface area contributed by atoms with E-state index in [9.17, 15) is 18.0 Å². The van der Waals surface area contributed by atoms with E-state index in [1.165, 1.54) is 23.1 Å². The Bertz CT molecular complexity index is 1450. The molecule has 0 aliphatic heterocycles. The SMILES string of the molecule is CCC(C)NC(=O)C(Cc1ccccc1)N(Cc1cccc(OC)c1)C(=O)CN(c1ccc(Cl)c(Cl)c1)S(C)(=O)=O. The molecule has 2 unspecified atom stereocenters. The molecule has 0 fully saturated rings. The summed E-state index contributed by atoms with van der Waals surface area (Å²) in [6.45, 7) is 3.34. The van der Waals surface area contributed by atoms with Crippen LogP contribution in [0.25, 0.3) is 0 Å². The summed E-state index contributed by atoms with van der Waals surface area (Å²) in [6, 6.07) is 19.8. The zero-order valence-corrected chi connectivity index (χ0v) is 25.8. The second-order valence-electron chi connectivity index (χ2n) is 9.76. The van der Waals surface area contributed by atoms with E-state index in [4.69, 9.17) is 27.9 Å². The summed E-state index contributed by atoms with van der Waals surface area (Å²) in [6.07, 6.45) is 1.93. The van der Waals surface area contributed by atoms with Gasteiger partial charge in [-0.2, -0.15) is 0 Å². The lowest BCUT2D eigenvalue weighted by Gasteiger charge is -2.34. The van der Waals surface area contributed by atoms with Crippen LogP contribution in [0, 0.1) is 0 Å². The van der Waals surface area contributed by atoms with Crippen LogP contribution < -0.4 is 14.4 Å². The molecule has 0 aromatic heterocycles. The summed E-state index contributed by atoms with van der Waals surface area (Å²) in [5.74, 6) is -0.309. The molecule has 8 nitrogen and oxygen atoms in total. The van der Waals surface area contributed by atoms with E-state index in [-0.39, 0.29) is 40.6 Å². The maximum Gasteiger partial charge on any atom is 0.244 e. The fourth-order valence-electron chi connectivity index (χ4n) is 4.22. The molecule has 0 aliphatic rings. The molecule has 3 aromatic rings. The normalized spacial score (nSPS) is 12.7.